The lowest BCUT2D eigenvalue weighted by Gasteiger charge is -2.30. The molecule has 1 saturated heterocycles. The number of nitrogens with one attached hydrogen (secondary N) is 2. The lowest BCUT2D eigenvalue weighted by molar-refractivity contribution is -0.137. The molecule has 8 atom stereocenters. The van der Waals surface area contributed by atoms with Crippen molar-refractivity contribution in [2.24, 2.45) is 11.1 Å². The normalized spacial score (nSPS) is 22.8. The first-order chi connectivity index (χ1) is 24.4. The summed E-state index contributed by atoms with van der Waals surface area (Å²) in [6.07, 6.45) is -6.73. The van der Waals surface area contributed by atoms with Crippen molar-refractivity contribution in [1.82, 2.24) is 30.2 Å². The third kappa shape index (κ3) is 13.5. The van der Waals surface area contributed by atoms with E-state index in [-0.39, 0.29) is 61.2 Å². The van der Waals surface area contributed by atoms with Gasteiger partial charge in [0.1, 0.15) is 42.0 Å². The van der Waals surface area contributed by atoms with Gasteiger partial charge in [0.2, 0.25) is 11.8 Å². The summed E-state index contributed by atoms with van der Waals surface area (Å²) in [5.74, 6) is -1.66. The van der Waals surface area contributed by atoms with Gasteiger partial charge in [0.15, 0.2) is 17.7 Å². The molecule has 300 valence electrons. The number of phosphoric acid groups is 3. The van der Waals surface area contributed by atoms with Crippen LogP contribution in [-0.4, -0.2) is 124 Å². The monoisotopic (exact) mass is 820 g/mol. The summed E-state index contributed by atoms with van der Waals surface area (Å²) in [4.78, 5) is 86.9. The third-order valence-electron chi connectivity index (χ3n) is 7.35. The molecule has 12 N–H and O–H groups in total. The lowest BCUT2D eigenvalue weighted by atomic mass is 9.87. The number of hydrogen-bond acceptors (Lipinski definition) is 18. The number of amides is 2. The molecule has 0 bridgehead atoms. The standard InChI is InChI=1S/C25H43N8O17P3/c1-13(26)8-14(34)4-6-28-16(35)5-7-29-23(38)20(37)25(2,3)10-47-53(44,45)50-52(42,43)46-9-15-19(49-51(39,40)41)18(36)24(48-15)33-12-32-17-21(27)30-11-31-22(17)33/h11-13,15,18-20,24,36-37H,4-10,26H2,1-3H3,(H,28,35)(H,29,38)(H,42,43)(H,44,45)(H2,27,30,31)(H2,39,40,41). The van der Waals surface area contributed by atoms with Crippen LogP contribution in [0.25, 0.3) is 11.2 Å². The molecule has 0 spiro atoms. The minimum atomic E-state index is -5.57. The Kier molecular flexibility index (Phi) is 15.3. The fourth-order valence-corrected chi connectivity index (χ4v) is 7.57. The van der Waals surface area contributed by atoms with Crippen LogP contribution in [0.5, 0.6) is 0 Å². The quantitative estimate of drug-likeness (QED) is 0.0615. The molecule has 2 aromatic heterocycles. The van der Waals surface area contributed by atoms with Crippen LogP contribution in [0, 0.1) is 5.41 Å². The zero-order chi connectivity index (χ0) is 39.9. The Morgan fingerprint density at radius 3 is 2.32 bits per heavy atom. The highest BCUT2D eigenvalue weighted by molar-refractivity contribution is 7.61. The second-order valence-electron chi connectivity index (χ2n) is 12.5. The van der Waals surface area contributed by atoms with Crippen LogP contribution >= 0.6 is 23.5 Å². The Morgan fingerprint density at radius 1 is 1.04 bits per heavy atom. The molecular weight excluding hydrogens is 777 g/mol. The number of rotatable bonds is 21. The third-order valence-corrected chi connectivity index (χ3v) is 10.5. The van der Waals surface area contributed by atoms with Crippen LogP contribution in [0.2, 0.25) is 0 Å². The maximum absolute atomic E-state index is 12.6. The first kappa shape index (κ1) is 44.6. The number of carbonyl (C=O) groups is 3. The zero-order valence-electron chi connectivity index (χ0n) is 28.5. The number of nitrogen functional groups attached to an aromatic ring is 1. The topological polar surface area (TPSA) is 390 Å². The summed E-state index contributed by atoms with van der Waals surface area (Å²) in [7, 11) is -16.4. The average molecular weight is 821 g/mol. The number of aliphatic hydroxyl groups excluding tert-OH is 2. The van der Waals surface area contributed by atoms with E-state index in [1.807, 2.05) is 0 Å². The molecule has 2 aromatic rings. The van der Waals surface area contributed by atoms with Gasteiger partial charge < -0.3 is 56.6 Å². The van der Waals surface area contributed by atoms with E-state index in [9.17, 15) is 57.9 Å². The van der Waals surface area contributed by atoms with Crippen molar-refractivity contribution in [3.63, 3.8) is 0 Å². The molecular formula is C25H43N8O17P3. The van der Waals surface area contributed by atoms with Crippen molar-refractivity contribution in [2.75, 3.05) is 32.0 Å². The summed E-state index contributed by atoms with van der Waals surface area (Å²) in [6, 6.07) is -0.310. The van der Waals surface area contributed by atoms with Gasteiger partial charge in [-0.15, -0.1) is 0 Å². The molecule has 1 fully saturated rings. The van der Waals surface area contributed by atoms with Gasteiger partial charge in [-0.3, -0.25) is 32.5 Å². The van der Waals surface area contributed by atoms with Gasteiger partial charge in [-0.2, -0.15) is 4.31 Å². The van der Waals surface area contributed by atoms with E-state index in [1.165, 1.54) is 13.8 Å². The molecule has 3 rings (SSSR count). The van der Waals surface area contributed by atoms with Crippen molar-refractivity contribution in [3.05, 3.63) is 12.7 Å². The number of anilines is 1. The summed E-state index contributed by atoms with van der Waals surface area (Å²) in [6.45, 7) is 1.97. The maximum atomic E-state index is 12.6. The SMILES string of the molecule is CC(N)CC(=O)CCNC(=O)CCNC(=O)C(O)C(C)(C)COP(=O)(O)OP(=O)(O)OCC1OC(n2cnc3c(N)ncnc32)C(O)C1OP(=O)(O)O. The van der Waals surface area contributed by atoms with Crippen LogP contribution in [0.3, 0.4) is 0 Å². The van der Waals surface area contributed by atoms with E-state index < -0.39 is 84.6 Å². The minimum Gasteiger partial charge on any atom is -0.386 e. The molecule has 25 nitrogen and oxygen atoms in total. The summed E-state index contributed by atoms with van der Waals surface area (Å²) in [5, 5.41) is 26.2. The first-order valence-corrected chi connectivity index (χ1v) is 20.1. The van der Waals surface area contributed by atoms with Gasteiger partial charge in [-0.05, 0) is 6.92 Å². The van der Waals surface area contributed by atoms with Crippen LogP contribution < -0.4 is 22.1 Å². The number of carbonyl (C=O) groups excluding carboxylic acids is 3. The van der Waals surface area contributed by atoms with E-state index in [2.05, 4.69) is 34.4 Å². The highest BCUT2D eigenvalue weighted by atomic mass is 31.3. The molecule has 0 aromatic carbocycles. The van der Waals surface area contributed by atoms with Crippen molar-refractivity contribution >= 4 is 58.0 Å². The molecule has 2 amide bonds. The van der Waals surface area contributed by atoms with Gasteiger partial charge in [0.05, 0.1) is 19.5 Å². The van der Waals surface area contributed by atoms with Crippen molar-refractivity contribution in [3.8, 4) is 0 Å². The Labute approximate surface area is 301 Å². The molecule has 28 heteroatoms. The number of nitrogens with zero attached hydrogens (tertiary/aromatic N) is 4. The highest BCUT2D eigenvalue weighted by Crippen LogP contribution is 2.61. The molecule has 0 radical (unpaired) electrons. The first-order valence-electron chi connectivity index (χ1n) is 15.6. The number of aromatic nitrogens is 4. The molecule has 3 heterocycles. The van der Waals surface area contributed by atoms with E-state index in [1.54, 1.807) is 6.92 Å². The number of imidazole rings is 1. The number of phosphoric ester groups is 3. The fourth-order valence-electron chi connectivity index (χ4n) is 4.74. The zero-order valence-corrected chi connectivity index (χ0v) is 31.2. The maximum Gasteiger partial charge on any atom is 0.481 e. The number of fused-ring (bicyclic) bond motifs is 1. The molecule has 8 unspecified atom stereocenters. The van der Waals surface area contributed by atoms with Gasteiger partial charge in [0.25, 0.3) is 0 Å². The van der Waals surface area contributed by atoms with Crippen LogP contribution in [0.1, 0.15) is 46.3 Å². The van der Waals surface area contributed by atoms with Gasteiger partial charge in [0, 0.05) is 43.8 Å². The minimum absolute atomic E-state index is 0.0280. The molecule has 0 saturated carbocycles. The van der Waals surface area contributed by atoms with E-state index in [4.69, 9.17) is 25.3 Å². The number of ketones is 1. The summed E-state index contributed by atoms with van der Waals surface area (Å²) in [5.41, 5.74) is 9.79. The van der Waals surface area contributed by atoms with Crippen molar-refractivity contribution < 1.29 is 80.5 Å². The fraction of sp³-hybridized carbons (Fsp3) is 0.680. The number of hydrogen-bond donors (Lipinski definition) is 10. The summed E-state index contributed by atoms with van der Waals surface area (Å²) >= 11 is 0. The molecule has 53 heavy (non-hydrogen) atoms. The number of Topliss-reactive ketones (excluding diaryl/α,β-unsaturated/α-hetero) is 1. The number of ether oxygens (including phenoxy) is 1. The smallest absolute Gasteiger partial charge is 0.386 e. The number of nitrogens with two attached hydrogens (primary N) is 2. The Bertz CT molecular complexity index is 1760. The van der Waals surface area contributed by atoms with Crippen LogP contribution in [0.4, 0.5) is 5.82 Å². The Balaban J connectivity index is 1.53. The van der Waals surface area contributed by atoms with Crippen molar-refractivity contribution in [2.45, 2.75) is 76.7 Å². The lowest BCUT2D eigenvalue weighted by Crippen LogP contribution is -2.46. The van der Waals surface area contributed by atoms with Crippen LogP contribution in [0.15, 0.2) is 12.7 Å². The van der Waals surface area contributed by atoms with Crippen molar-refractivity contribution in [1.29, 1.82) is 0 Å². The number of aliphatic hydroxyl groups is 2. The second-order valence-corrected chi connectivity index (χ2v) is 16.8. The van der Waals surface area contributed by atoms with E-state index >= 15 is 0 Å². The van der Waals surface area contributed by atoms with Crippen LogP contribution in [-0.2, 0) is 50.7 Å². The predicted molar refractivity (Wildman–Crippen MR) is 178 cm³/mol. The Morgan fingerprint density at radius 2 is 1.68 bits per heavy atom. The van der Waals surface area contributed by atoms with E-state index in [0.29, 0.717) is 0 Å². The van der Waals surface area contributed by atoms with E-state index in [0.717, 1.165) is 17.2 Å². The van der Waals surface area contributed by atoms with Gasteiger partial charge in [-0.1, -0.05) is 13.8 Å². The molecule has 1 aliphatic rings. The van der Waals surface area contributed by atoms with Gasteiger partial charge >= 0.3 is 23.5 Å². The average Bonchev–Trinajstić information content (AvgIpc) is 3.58. The highest BCUT2D eigenvalue weighted by Gasteiger charge is 2.50. The Hall–Kier alpha value is -2.83. The molecule has 0 aliphatic carbocycles. The predicted octanol–water partition coefficient (Wildman–Crippen LogP) is -1.90. The van der Waals surface area contributed by atoms with Gasteiger partial charge in [-0.25, -0.2) is 28.6 Å². The second kappa shape index (κ2) is 18.2. The molecule has 1 aliphatic heterocycles. The largest absolute Gasteiger partial charge is 0.481 e. The summed E-state index contributed by atoms with van der Waals surface area (Å²) < 4.78 is 61.9.